The number of nitrogens with zero attached hydrogens (tertiary/aromatic N) is 1. The monoisotopic (exact) mass is 293 g/mol. The number of carboxylic acids is 1. The summed E-state index contributed by atoms with van der Waals surface area (Å²) in [6, 6.07) is 2.84. The number of anilines is 1. The Morgan fingerprint density at radius 3 is 2.85 bits per heavy atom. The number of nitrogens with one attached hydrogen (secondary N) is 2. The minimum Gasteiger partial charge on any atom is -0.481 e. The highest BCUT2D eigenvalue weighted by Crippen LogP contribution is 2.06. The molecule has 1 heterocycles. The quantitative estimate of drug-likeness (QED) is 0.519. The molecule has 106 valence electrons. The van der Waals surface area contributed by atoms with Gasteiger partial charge in [0, 0.05) is 12.3 Å². The van der Waals surface area contributed by atoms with Crippen molar-refractivity contribution in [1.82, 2.24) is 10.3 Å². The fraction of sp³-hybridized carbons (Fsp3) is 0.308. The second-order valence-corrected chi connectivity index (χ2v) is 4.85. The third kappa shape index (κ3) is 6.66. The molecule has 0 bridgehead atoms. The Bertz CT molecular complexity index is 497. The molecule has 6 nitrogen and oxygen atoms in total. The fourth-order valence-electron chi connectivity index (χ4n) is 1.30. The van der Waals surface area contributed by atoms with Crippen LogP contribution in [0, 0.1) is 12.3 Å². The molecule has 1 aromatic heterocycles. The van der Waals surface area contributed by atoms with Crippen LogP contribution in [0.15, 0.2) is 18.3 Å². The van der Waals surface area contributed by atoms with E-state index in [0.29, 0.717) is 23.7 Å². The minimum atomic E-state index is -0.944. The molecule has 2 amide bonds. The number of terminal acetylenes is 1. The maximum Gasteiger partial charge on any atom is 0.319 e. The Hall–Kier alpha value is -2.20. The Kier molecular flexibility index (Phi) is 7.00. The van der Waals surface area contributed by atoms with Crippen LogP contribution in [0.4, 0.5) is 10.5 Å². The first-order valence-corrected chi connectivity index (χ1v) is 7.00. The summed E-state index contributed by atoms with van der Waals surface area (Å²) in [4.78, 5) is 25.9. The van der Waals surface area contributed by atoms with Gasteiger partial charge in [-0.05, 0) is 12.1 Å². The highest BCUT2D eigenvalue weighted by molar-refractivity contribution is 7.99. The van der Waals surface area contributed by atoms with E-state index < -0.39 is 5.97 Å². The molecular weight excluding hydrogens is 278 g/mol. The van der Waals surface area contributed by atoms with Gasteiger partial charge < -0.3 is 15.7 Å². The number of aliphatic carboxylic acids is 1. The van der Waals surface area contributed by atoms with Crippen LogP contribution in [-0.2, 0) is 11.2 Å². The number of hydrogen-bond donors (Lipinski definition) is 3. The van der Waals surface area contributed by atoms with E-state index in [1.807, 2.05) is 0 Å². The molecule has 0 radical (unpaired) electrons. The summed E-state index contributed by atoms with van der Waals surface area (Å²) in [6.45, 7) is 0.517. The molecule has 0 saturated carbocycles. The lowest BCUT2D eigenvalue weighted by atomic mass is 10.2. The highest BCUT2D eigenvalue weighted by Gasteiger charge is 2.04. The van der Waals surface area contributed by atoms with E-state index >= 15 is 0 Å². The number of hydrogen-bond acceptors (Lipinski definition) is 4. The average Bonchev–Trinajstić information content (AvgIpc) is 2.40. The molecule has 3 N–H and O–H groups in total. The molecule has 1 aromatic rings. The number of carbonyl (C=O) groups is 2. The van der Waals surface area contributed by atoms with Gasteiger partial charge in [0.25, 0.3) is 0 Å². The predicted octanol–water partition coefficient (Wildman–Crippen LogP) is 1.20. The number of aromatic nitrogens is 1. The molecule has 0 aliphatic heterocycles. The van der Waals surface area contributed by atoms with Crippen LogP contribution < -0.4 is 10.6 Å². The summed E-state index contributed by atoms with van der Waals surface area (Å²) in [5.41, 5.74) is 0.946. The Morgan fingerprint density at radius 1 is 1.45 bits per heavy atom. The van der Waals surface area contributed by atoms with Crippen molar-refractivity contribution < 1.29 is 14.7 Å². The first-order chi connectivity index (χ1) is 9.61. The Balaban J connectivity index is 2.31. The lowest BCUT2D eigenvalue weighted by molar-refractivity contribution is -0.136. The summed E-state index contributed by atoms with van der Waals surface area (Å²) in [5.74, 6) is 2.92. The van der Waals surface area contributed by atoms with Gasteiger partial charge in [-0.1, -0.05) is 5.92 Å². The molecule has 20 heavy (non-hydrogen) atoms. The van der Waals surface area contributed by atoms with E-state index in [1.54, 1.807) is 23.9 Å². The number of urea groups is 1. The maximum atomic E-state index is 11.5. The van der Waals surface area contributed by atoms with Crippen LogP contribution in [0.5, 0.6) is 0 Å². The summed E-state index contributed by atoms with van der Waals surface area (Å²) < 4.78 is 0. The number of rotatable bonds is 7. The van der Waals surface area contributed by atoms with E-state index in [4.69, 9.17) is 11.5 Å². The second kappa shape index (κ2) is 8.82. The minimum absolute atomic E-state index is 0.140. The molecule has 7 heteroatoms. The van der Waals surface area contributed by atoms with Crippen LogP contribution in [0.1, 0.15) is 5.69 Å². The van der Waals surface area contributed by atoms with Crippen molar-refractivity contribution in [3.05, 3.63) is 24.0 Å². The van der Waals surface area contributed by atoms with Crippen LogP contribution in [0.2, 0.25) is 0 Å². The lowest BCUT2D eigenvalue weighted by Crippen LogP contribution is -2.30. The molecular formula is C13H15N3O3S. The molecule has 0 aromatic carbocycles. The summed E-state index contributed by atoms with van der Waals surface area (Å²) in [7, 11) is 0. The zero-order chi connectivity index (χ0) is 14.8. The van der Waals surface area contributed by atoms with E-state index in [0.717, 1.165) is 5.75 Å². The second-order valence-electron chi connectivity index (χ2n) is 3.75. The van der Waals surface area contributed by atoms with E-state index in [2.05, 4.69) is 21.5 Å². The van der Waals surface area contributed by atoms with Crippen LogP contribution in [-0.4, -0.2) is 40.1 Å². The van der Waals surface area contributed by atoms with Gasteiger partial charge in [-0.2, -0.15) is 0 Å². The Labute approximate surface area is 121 Å². The SMILES string of the molecule is C#CCSCCNC(=O)Nc1ccc(CC(=O)O)nc1. The topological polar surface area (TPSA) is 91.3 Å². The van der Waals surface area contributed by atoms with Gasteiger partial charge in [0.15, 0.2) is 0 Å². The Morgan fingerprint density at radius 2 is 2.25 bits per heavy atom. The van der Waals surface area contributed by atoms with E-state index in [1.165, 1.54) is 6.20 Å². The van der Waals surface area contributed by atoms with Crippen LogP contribution in [0.25, 0.3) is 0 Å². The number of thioether (sulfide) groups is 1. The fourth-order valence-corrected chi connectivity index (χ4v) is 1.81. The molecule has 0 saturated heterocycles. The van der Waals surface area contributed by atoms with Crippen molar-refractivity contribution in [2.75, 3.05) is 23.4 Å². The van der Waals surface area contributed by atoms with Crippen molar-refractivity contribution in [2.45, 2.75) is 6.42 Å². The molecule has 0 atom stereocenters. The zero-order valence-corrected chi connectivity index (χ0v) is 11.6. The zero-order valence-electron chi connectivity index (χ0n) is 10.8. The van der Waals surface area contributed by atoms with Crippen molar-refractivity contribution in [2.24, 2.45) is 0 Å². The first-order valence-electron chi connectivity index (χ1n) is 5.84. The molecule has 0 aliphatic rings. The van der Waals surface area contributed by atoms with Gasteiger partial charge in [0.05, 0.1) is 29.8 Å². The average molecular weight is 293 g/mol. The van der Waals surface area contributed by atoms with Gasteiger partial charge in [-0.15, -0.1) is 18.2 Å². The first kappa shape index (κ1) is 15.9. The van der Waals surface area contributed by atoms with Crippen molar-refractivity contribution >= 4 is 29.4 Å². The molecule has 0 fully saturated rings. The van der Waals surface area contributed by atoms with Crippen LogP contribution in [0.3, 0.4) is 0 Å². The normalized spacial score (nSPS) is 9.55. The molecule has 0 spiro atoms. The summed E-state index contributed by atoms with van der Waals surface area (Å²) >= 11 is 1.56. The van der Waals surface area contributed by atoms with Gasteiger partial charge in [-0.3, -0.25) is 9.78 Å². The number of amides is 2. The molecule has 0 unspecified atom stereocenters. The predicted molar refractivity (Wildman–Crippen MR) is 78.8 cm³/mol. The molecule has 1 rings (SSSR count). The van der Waals surface area contributed by atoms with E-state index in [9.17, 15) is 9.59 Å². The standard InChI is InChI=1S/C13H15N3O3S/c1-2-6-20-7-5-14-13(19)16-11-4-3-10(15-9-11)8-12(17)18/h1,3-4,9H,5-8H2,(H,17,18)(H2,14,16,19). The van der Waals surface area contributed by atoms with Gasteiger partial charge >= 0.3 is 12.0 Å². The number of carbonyl (C=O) groups excluding carboxylic acids is 1. The highest BCUT2D eigenvalue weighted by atomic mass is 32.2. The van der Waals surface area contributed by atoms with Crippen molar-refractivity contribution in [1.29, 1.82) is 0 Å². The number of carboxylic acid groups (broad SMARTS) is 1. The smallest absolute Gasteiger partial charge is 0.319 e. The van der Waals surface area contributed by atoms with Crippen LogP contribution >= 0.6 is 11.8 Å². The maximum absolute atomic E-state index is 11.5. The molecule has 0 aliphatic carbocycles. The summed E-state index contributed by atoms with van der Waals surface area (Å²) in [6.07, 6.45) is 6.38. The van der Waals surface area contributed by atoms with Gasteiger partial charge in [-0.25, -0.2) is 4.79 Å². The largest absolute Gasteiger partial charge is 0.481 e. The third-order valence-electron chi connectivity index (χ3n) is 2.13. The summed E-state index contributed by atoms with van der Waals surface area (Å²) in [5, 5.41) is 13.9. The van der Waals surface area contributed by atoms with E-state index in [-0.39, 0.29) is 12.5 Å². The van der Waals surface area contributed by atoms with Crippen molar-refractivity contribution in [3.63, 3.8) is 0 Å². The van der Waals surface area contributed by atoms with Crippen molar-refractivity contribution in [3.8, 4) is 12.3 Å². The third-order valence-corrected chi connectivity index (χ3v) is 3.00. The number of pyridine rings is 1. The lowest BCUT2D eigenvalue weighted by Gasteiger charge is -2.07. The van der Waals surface area contributed by atoms with Gasteiger partial charge in [0.2, 0.25) is 0 Å². The van der Waals surface area contributed by atoms with Gasteiger partial charge in [0.1, 0.15) is 0 Å².